The zero-order valence-electron chi connectivity index (χ0n) is 12.2. The topological polar surface area (TPSA) is 55.1 Å². The van der Waals surface area contributed by atoms with Crippen LogP contribution in [0, 0.1) is 5.41 Å². The molecule has 2 atom stereocenters. The molecule has 1 amide bonds. The van der Waals surface area contributed by atoms with Crippen LogP contribution in [0.4, 0.5) is 0 Å². The van der Waals surface area contributed by atoms with Gasteiger partial charge in [-0.05, 0) is 38.9 Å². The molecular weight excluding hydrogens is 244 g/mol. The van der Waals surface area contributed by atoms with Gasteiger partial charge in [-0.1, -0.05) is 20.3 Å². The van der Waals surface area contributed by atoms with Crippen LogP contribution in [0.15, 0.2) is 0 Å². The summed E-state index contributed by atoms with van der Waals surface area (Å²) in [6, 6.07) is 0.0180. The Hall–Kier alpha value is -0.220. The zero-order valence-corrected chi connectivity index (χ0v) is 13.0. The molecule has 1 rings (SSSR count). The quantitative estimate of drug-likeness (QED) is 0.781. The van der Waals surface area contributed by atoms with Crippen LogP contribution in [-0.4, -0.2) is 29.5 Å². The van der Waals surface area contributed by atoms with E-state index in [0.29, 0.717) is 0 Å². The molecule has 0 aromatic carbocycles. The van der Waals surface area contributed by atoms with E-state index < -0.39 is 0 Å². The third-order valence-corrected chi connectivity index (χ3v) is 6.43. The van der Waals surface area contributed by atoms with Gasteiger partial charge in [-0.15, -0.1) is 0 Å². The number of nitrogens with two attached hydrogens (primary N) is 1. The van der Waals surface area contributed by atoms with Crippen LogP contribution in [0.2, 0.25) is 0 Å². The summed E-state index contributed by atoms with van der Waals surface area (Å²) < 4.78 is 0.175. The van der Waals surface area contributed by atoms with E-state index in [-0.39, 0.29) is 22.1 Å². The van der Waals surface area contributed by atoms with E-state index in [2.05, 4.69) is 25.4 Å². The van der Waals surface area contributed by atoms with Gasteiger partial charge in [-0.25, -0.2) is 0 Å². The van der Waals surface area contributed by atoms with Crippen LogP contribution < -0.4 is 11.1 Å². The summed E-state index contributed by atoms with van der Waals surface area (Å²) in [4.78, 5) is 12.4. The molecule has 0 spiro atoms. The number of hydrogen-bond donors (Lipinski definition) is 2. The third-order valence-electron chi connectivity index (χ3n) is 4.84. The van der Waals surface area contributed by atoms with Gasteiger partial charge in [0, 0.05) is 17.3 Å². The van der Waals surface area contributed by atoms with Crippen molar-refractivity contribution in [1.29, 1.82) is 0 Å². The summed E-state index contributed by atoms with van der Waals surface area (Å²) in [6.45, 7) is 7.14. The fraction of sp³-hybridized carbons (Fsp3) is 0.929. The first-order chi connectivity index (χ1) is 8.44. The standard InChI is InChI=1S/C14H28N2OS/c1-5-14(6-2,18-4)10-16-12(17)13(3)9-7-8-11(13)15/h11H,5-10,15H2,1-4H3,(H,16,17). The van der Waals surface area contributed by atoms with Crippen molar-refractivity contribution in [3.05, 3.63) is 0 Å². The normalized spacial score (nSPS) is 28.4. The van der Waals surface area contributed by atoms with Crippen LogP contribution in [0.5, 0.6) is 0 Å². The second-order valence-corrected chi connectivity index (χ2v) is 6.97. The number of nitrogens with one attached hydrogen (secondary N) is 1. The average molecular weight is 272 g/mol. The Morgan fingerprint density at radius 2 is 2.11 bits per heavy atom. The number of carbonyl (C=O) groups is 1. The summed E-state index contributed by atoms with van der Waals surface area (Å²) >= 11 is 1.86. The van der Waals surface area contributed by atoms with Crippen molar-refractivity contribution in [1.82, 2.24) is 5.32 Å². The van der Waals surface area contributed by atoms with Crippen molar-refractivity contribution in [2.24, 2.45) is 11.1 Å². The number of thioether (sulfide) groups is 1. The number of carbonyl (C=O) groups excluding carboxylic acids is 1. The van der Waals surface area contributed by atoms with Crippen molar-refractivity contribution in [2.45, 2.75) is 63.7 Å². The predicted octanol–water partition coefficient (Wildman–Crippen LogP) is 2.54. The van der Waals surface area contributed by atoms with Gasteiger partial charge in [0.25, 0.3) is 0 Å². The van der Waals surface area contributed by atoms with Crippen LogP contribution in [0.3, 0.4) is 0 Å². The van der Waals surface area contributed by atoms with Gasteiger partial charge >= 0.3 is 0 Å². The van der Waals surface area contributed by atoms with Gasteiger partial charge in [0.15, 0.2) is 0 Å². The molecule has 0 heterocycles. The first-order valence-corrected chi connectivity index (χ1v) is 8.25. The molecule has 1 saturated carbocycles. The van der Waals surface area contributed by atoms with E-state index in [9.17, 15) is 4.79 Å². The first kappa shape index (κ1) is 15.8. The largest absolute Gasteiger partial charge is 0.354 e. The molecule has 1 fully saturated rings. The lowest BCUT2D eigenvalue weighted by molar-refractivity contribution is -0.130. The van der Waals surface area contributed by atoms with Gasteiger partial charge in [0.05, 0.1) is 5.41 Å². The maximum atomic E-state index is 12.4. The minimum atomic E-state index is -0.356. The second kappa shape index (κ2) is 6.29. The van der Waals surface area contributed by atoms with Crippen molar-refractivity contribution in [2.75, 3.05) is 12.8 Å². The summed E-state index contributed by atoms with van der Waals surface area (Å²) in [7, 11) is 0. The lowest BCUT2D eigenvalue weighted by Gasteiger charge is -2.33. The lowest BCUT2D eigenvalue weighted by Crippen LogP contribution is -2.50. The molecule has 0 aromatic heterocycles. The summed E-state index contributed by atoms with van der Waals surface area (Å²) in [5.74, 6) is 0.146. The average Bonchev–Trinajstić information content (AvgIpc) is 2.73. The van der Waals surface area contributed by atoms with Gasteiger partial charge in [-0.2, -0.15) is 11.8 Å². The number of amides is 1. The minimum Gasteiger partial charge on any atom is -0.354 e. The maximum absolute atomic E-state index is 12.4. The summed E-state index contributed by atoms with van der Waals surface area (Å²) in [5.41, 5.74) is 5.73. The molecule has 0 bridgehead atoms. The first-order valence-electron chi connectivity index (χ1n) is 7.03. The number of rotatable bonds is 6. The van der Waals surface area contributed by atoms with Crippen molar-refractivity contribution in [3.8, 4) is 0 Å². The fourth-order valence-corrected chi connectivity index (χ4v) is 3.57. The van der Waals surface area contributed by atoms with Gasteiger partial charge in [0.1, 0.15) is 0 Å². The third kappa shape index (κ3) is 3.02. The van der Waals surface area contributed by atoms with Crippen LogP contribution in [0.1, 0.15) is 52.9 Å². The molecule has 1 aliphatic carbocycles. The van der Waals surface area contributed by atoms with Crippen LogP contribution >= 0.6 is 11.8 Å². The Bertz CT molecular complexity index is 283. The van der Waals surface area contributed by atoms with E-state index in [1.54, 1.807) is 0 Å². The Morgan fingerprint density at radius 3 is 2.50 bits per heavy atom. The number of hydrogen-bond acceptors (Lipinski definition) is 3. The van der Waals surface area contributed by atoms with Gasteiger partial charge in [-0.3, -0.25) is 4.79 Å². The monoisotopic (exact) mass is 272 g/mol. The Balaban J connectivity index is 2.60. The van der Waals surface area contributed by atoms with Crippen molar-refractivity contribution < 1.29 is 4.79 Å². The van der Waals surface area contributed by atoms with E-state index in [4.69, 9.17) is 5.73 Å². The molecule has 0 aromatic rings. The highest BCUT2D eigenvalue weighted by molar-refractivity contribution is 8.00. The molecule has 0 saturated heterocycles. The molecule has 4 heteroatoms. The highest BCUT2D eigenvalue weighted by Gasteiger charge is 2.43. The van der Waals surface area contributed by atoms with E-state index in [1.165, 1.54) is 0 Å². The Morgan fingerprint density at radius 1 is 1.50 bits per heavy atom. The summed E-state index contributed by atoms with van der Waals surface area (Å²) in [6.07, 6.45) is 7.24. The molecule has 106 valence electrons. The van der Waals surface area contributed by atoms with Gasteiger partial charge in [0.2, 0.25) is 5.91 Å². The smallest absolute Gasteiger partial charge is 0.227 e. The van der Waals surface area contributed by atoms with Crippen LogP contribution in [-0.2, 0) is 4.79 Å². The lowest BCUT2D eigenvalue weighted by atomic mass is 9.84. The van der Waals surface area contributed by atoms with Crippen LogP contribution in [0.25, 0.3) is 0 Å². The maximum Gasteiger partial charge on any atom is 0.227 e. The molecule has 0 aliphatic heterocycles. The molecular formula is C14H28N2OS. The van der Waals surface area contributed by atoms with Crippen molar-refractivity contribution >= 4 is 17.7 Å². The minimum absolute atomic E-state index is 0.0180. The predicted molar refractivity (Wildman–Crippen MR) is 79.8 cm³/mol. The van der Waals surface area contributed by atoms with Gasteiger partial charge < -0.3 is 11.1 Å². The SMILES string of the molecule is CCC(CC)(CNC(=O)C1(C)CCCC1N)SC. The highest BCUT2D eigenvalue weighted by atomic mass is 32.2. The molecule has 3 nitrogen and oxygen atoms in total. The second-order valence-electron chi connectivity index (χ2n) is 5.69. The van der Waals surface area contributed by atoms with E-state index >= 15 is 0 Å². The molecule has 18 heavy (non-hydrogen) atoms. The Labute approximate surface area is 116 Å². The molecule has 2 unspecified atom stereocenters. The Kier molecular flexibility index (Phi) is 5.53. The zero-order chi connectivity index (χ0) is 13.8. The van der Waals surface area contributed by atoms with Crippen molar-refractivity contribution in [3.63, 3.8) is 0 Å². The molecule has 0 radical (unpaired) electrons. The summed E-state index contributed by atoms with van der Waals surface area (Å²) in [5, 5.41) is 3.15. The fourth-order valence-electron chi connectivity index (χ4n) is 2.78. The highest BCUT2D eigenvalue weighted by Crippen LogP contribution is 2.37. The van der Waals surface area contributed by atoms with E-state index in [0.717, 1.165) is 38.6 Å². The van der Waals surface area contributed by atoms with E-state index in [1.807, 2.05) is 18.7 Å². The molecule has 1 aliphatic rings. The molecule has 3 N–H and O–H groups in total.